The van der Waals surface area contributed by atoms with Gasteiger partial charge in [0.1, 0.15) is 6.33 Å². The van der Waals surface area contributed by atoms with Crippen LogP contribution in [0.4, 0.5) is 0 Å². The molecule has 0 amide bonds. The lowest BCUT2D eigenvalue weighted by atomic mass is 10.00. The molecule has 0 saturated carbocycles. The monoisotopic (exact) mass is 848 g/mol. The third kappa shape index (κ3) is 8.02. The van der Waals surface area contributed by atoms with E-state index in [2.05, 4.69) is 9.97 Å². The first kappa shape index (κ1) is 40.4. The van der Waals surface area contributed by atoms with Crippen molar-refractivity contribution in [3.63, 3.8) is 0 Å². The van der Waals surface area contributed by atoms with E-state index in [1.54, 1.807) is 66.7 Å². The van der Waals surface area contributed by atoms with Gasteiger partial charge in [0.05, 0.1) is 50.9 Å². The highest BCUT2D eigenvalue weighted by molar-refractivity contribution is 6.41. The molecule has 0 aliphatic rings. The number of methoxy groups -OCH3 is 4. The third-order valence-electron chi connectivity index (χ3n) is 7.78. The van der Waals surface area contributed by atoms with Gasteiger partial charge in [-0.2, -0.15) is 0 Å². The van der Waals surface area contributed by atoms with E-state index in [1.807, 2.05) is 0 Å². The van der Waals surface area contributed by atoms with Crippen molar-refractivity contribution in [2.75, 3.05) is 28.4 Å². The van der Waals surface area contributed by atoms with Crippen LogP contribution in [0.25, 0.3) is 11.4 Å². The van der Waals surface area contributed by atoms with E-state index in [1.165, 1.54) is 50.0 Å². The molecule has 4 aromatic carbocycles. The highest BCUT2D eigenvalue weighted by Gasteiger charge is 2.26. The van der Waals surface area contributed by atoms with Gasteiger partial charge in [0, 0.05) is 21.2 Å². The zero-order valence-corrected chi connectivity index (χ0v) is 33.0. The molecular formula is C37H26Cl6N4O7. The Kier molecular flexibility index (Phi) is 13.2. The minimum Gasteiger partial charge on any atom is -0.493 e. The lowest BCUT2D eigenvalue weighted by Crippen LogP contribution is -2.11. The Labute approximate surface area is 338 Å². The highest BCUT2D eigenvalue weighted by atomic mass is 35.5. The van der Waals surface area contributed by atoms with Crippen molar-refractivity contribution in [3.8, 4) is 34.4 Å². The molecule has 2 heterocycles. The summed E-state index contributed by atoms with van der Waals surface area (Å²) in [6.45, 7) is 0. The van der Waals surface area contributed by atoms with Gasteiger partial charge in [0.2, 0.25) is 0 Å². The van der Waals surface area contributed by atoms with Crippen LogP contribution < -0.4 is 18.9 Å². The normalized spacial score (nSPS) is 10.6. The number of nitrogens with zero attached hydrogens (tertiary/aromatic N) is 4. The van der Waals surface area contributed by atoms with E-state index < -0.39 is 5.78 Å². The standard InChI is InChI=1S/C19H13Cl3N2O4.C18H13Cl3N2O3/c1-27-14-5-3-4-11(17(14)28-2)16(26)12-8-10(20)6-7-13(12)24-15(9-25)23-18(21)19(24)22;1-25-14-5-3-4-11(16(14)26-2)15(24)12-8-10(19)6-7-13(12)23-9-22-17(20)18(23)21/h3-9H,1-2H3;3-9H,1-2H3. The van der Waals surface area contributed by atoms with Gasteiger partial charge in [0.25, 0.3) is 0 Å². The second-order valence-electron chi connectivity index (χ2n) is 10.8. The number of ether oxygens (including phenoxy) is 4. The number of benzene rings is 4. The van der Waals surface area contributed by atoms with Crippen LogP contribution in [0, 0.1) is 0 Å². The lowest BCUT2D eigenvalue weighted by molar-refractivity contribution is 0.102. The average molecular weight is 851 g/mol. The molecule has 0 spiro atoms. The van der Waals surface area contributed by atoms with E-state index >= 15 is 0 Å². The fraction of sp³-hybridized carbons (Fsp3) is 0.108. The summed E-state index contributed by atoms with van der Waals surface area (Å²) in [7, 11) is 5.88. The van der Waals surface area contributed by atoms with Crippen LogP contribution in [-0.2, 0) is 0 Å². The van der Waals surface area contributed by atoms with Crippen molar-refractivity contribution in [3.05, 3.63) is 138 Å². The molecule has 0 aliphatic heterocycles. The Hall–Kier alpha value is -4.75. The molecule has 0 fully saturated rings. The Morgan fingerprint density at radius 3 is 1.56 bits per heavy atom. The van der Waals surface area contributed by atoms with Crippen molar-refractivity contribution in [1.82, 2.24) is 19.1 Å². The fourth-order valence-corrected chi connectivity index (χ4v) is 6.44. The number of carbonyl (C=O) groups is 3. The summed E-state index contributed by atoms with van der Waals surface area (Å²) in [5.74, 6) is 0.681. The van der Waals surface area contributed by atoms with Crippen LogP contribution in [0.3, 0.4) is 0 Å². The van der Waals surface area contributed by atoms with Gasteiger partial charge in [-0.1, -0.05) is 81.7 Å². The van der Waals surface area contributed by atoms with E-state index in [4.69, 9.17) is 88.6 Å². The molecule has 0 atom stereocenters. The van der Waals surface area contributed by atoms with Crippen LogP contribution in [0.5, 0.6) is 23.0 Å². The Morgan fingerprint density at radius 1 is 0.611 bits per heavy atom. The Balaban J connectivity index is 0.000000208. The summed E-state index contributed by atoms with van der Waals surface area (Å²) in [4.78, 5) is 45.9. The molecule has 0 bridgehead atoms. The molecule has 0 radical (unpaired) electrons. The van der Waals surface area contributed by atoms with Gasteiger partial charge in [-0.3, -0.25) is 23.5 Å². The second-order valence-corrected chi connectivity index (χ2v) is 13.1. The summed E-state index contributed by atoms with van der Waals surface area (Å²) in [6.07, 6.45) is 1.93. The number of hydrogen-bond acceptors (Lipinski definition) is 9. The van der Waals surface area contributed by atoms with Crippen LogP contribution in [0.15, 0.2) is 79.1 Å². The maximum Gasteiger partial charge on any atom is 0.199 e. The molecule has 278 valence electrons. The molecule has 0 aliphatic carbocycles. The summed E-state index contributed by atoms with van der Waals surface area (Å²) >= 11 is 36.5. The van der Waals surface area contributed by atoms with Crippen molar-refractivity contribution >= 4 is 87.5 Å². The van der Waals surface area contributed by atoms with Gasteiger partial charge < -0.3 is 18.9 Å². The summed E-state index contributed by atoms with van der Waals surface area (Å²) in [6, 6.07) is 19.5. The predicted octanol–water partition coefficient (Wildman–Crippen LogP) is 9.97. The summed E-state index contributed by atoms with van der Waals surface area (Å²) < 4.78 is 24.0. The average Bonchev–Trinajstić information content (AvgIpc) is 3.68. The molecule has 11 nitrogen and oxygen atoms in total. The zero-order valence-electron chi connectivity index (χ0n) is 28.5. The van der Waals surface area contributed by atoms with Crippen molar-refractivity contribution in [1.29, 1.82) is 0 Å². The van der Waals surface area contributed by atoms with Gasteiger partial charge in [-0.05, 0) is 60.7 Å². The number of carbonyl (C=O) groups excluding carboxylic acids is 3. The predicted molar refractivity (Wildman–Crippen MR) is 209 cm³/mol. The number of hydrogen-bond donors (Lipinski definition) is 0. The van der Waals surface area contributed by atoms with E-state index in [0.717, 1.165) is 0 Å². The van der Waals surface area contributed by atoms with Crippen molar-refractivity contribution < 1.29 is 33.3 Å². The Bertz CT molecular complexity index is 2400. The number of aldehydes is 1. The number of imidazole rings is 2. The molecule has 2 aromatic heterocycles. The second kappa shape index (κ2) is 17.6. The first-order valence-corrected chi connectivity index (χ1v) is 17.6. The quantitative estimate of drug-likeness (QED) is 0.0926. The number of halogens is 6. The highest BCUT2D eigenvalue weighted by Crippen LogP contribution is 2.37. The first-order valence-electron chi connectivity index (χ1n) is 15.3. The number of ketones is 2. The molecule has 17 heteroatoms. The number of rotatable bonds is 11. The number of para-hydroxylation sites is 2. The topological polar surface area (TPSA) is 124 Å². The fourth-order valence-electron chi connectivity index (χ4n) is 5.38. The van der Waals surface area contributed by atoms with Crippen molar-refractivity contribution in [2.24, 2.45) is 0 Å². The van der Waals surface area contributed by atoms with Crippen LogP contribution >= 0.6 is 69.6 Å². The van der Waals surface area contributed by atoms with E-state index in [0.29, 0.717) is 56.1 Å². The summed E-state index contributed by atoms with van der Waals surface area (Å²) in [5, 5.41) is 0.999. The van der Waals surface area contributed by atoms with Crippen LogP contribution in [-0.4, -0.2) is 65.4 Å². The van der Waals surface area contributed by atoms with Crippen LogP contribution in [0.2, 0.25) is 30.7 Å². The molecule has 54 heavy (non-hydrogen) atoms. The van der Waals surface area contributed by atoms with Crippen LogP contribution in [0.1, 0.15) is 42.5 Å². The summed E-state index contributed by atoms with van der Waals surface area (Å²) in [5.41, 5.74) is 1.87. The molecular weight excluding hydrogens is 825 g/mol. The van der Waals surface area contributed by atoms with E-state index in [9.17, 15) is 14.4 Å². The minimum atomic E-state index is -0.411. The van der Waals surface area contributed by atoms with Gasteiger partial charge >= 0.3 is 0 Å². The Morgan fingerprint density at radius 2 is 1.11 bits per heavy atom. The largest absolute Gasteiger partial charge is 0.493 e. The SMILES string of the molecule is COc1cccc(C(=O)c2cc(Cl)ccc2-n2c(C=O)nc(Cl)c2Cl)c1OC.COc1cccc(C(=O)c2cc(Cl)ccc2-n2cnc(Cl)c2Cl)c1OC. The van der Waals surface area contributed by atoms with Gasteiger partial charge in [-0.15, -0.1) is 0 Å². The molecule has 0 unspecified atom stereocenters. The zero-order chi connectivity index (χ0) is 39.3. The lowest BCUT2D eigenvalue weighted by Gasteiger charge is -2.15. The molecule has 6 aromatic rings. The van der Waals surface area contributed by atoms with E-state index in [-0.39, 0.29) is 49.1 Å². The molecule has 0 N–H and O–H groups in total. The third-order valence-corrected chi connectivity index (χ3v) is 9.70. The molecule has 6 rings (SSSR count). The van der Waals surface area contributed by atoms with Gasteiger partial charge in [0.15, 0.2) is 67.3 Å². The molecule has 0 saturated heterocycles. The smallest absolute Gasteiger partial charge is 0.199 e. The maximum absolute atomic E-state index is 13.4. The number of aromatic nitrogens is 4. The minimum absolute atomic E-state index is 0.00209. The maximum atomic E-state index is 13.4. The van der Waals surface area contributed by atoms with Gasteiger partial charge in [-0.25, -0.2) is 9.97 Å². The first-order chi connectivity index (χ1) is 25.9. The van der Waals surface area contributed by atoms with Crippen molar-refractivity contribution in [2.45, 2.75) is 0 Å².